The molecule has 26 heavy (non-hydrogen) atoms. The Labute approximate surface area is 159 Å². The summed E-state index contributed by atoms with van der Waals surface area (Å²) in [5.74, 6) is 4.94. The largest absolute Gasteiger partial charge is 0.477 e. The molecule has 2 atom stereocenters. The number of amides is 1. The minimum atomic E-state index is -1.07. The van der Waals surface area contributed by atoms with E-state index in [0.717, 1.165) is 17.8 Å². The van der Waals surface area contributed by atoms with Crippen molar-refractivity contribution in [2.75, 3.05) is 0 Å². The van der Waals surface area contributed by atoms with Gasteiger partial charge in [0.15, 0.2) is 4.88 Å². The van der Waals surface area contributed by atoms with Crippen LogP contribution in [0.2, 0.25) is 0 Å². The molecule has 0 spiro atoms. The monoisotopic (exact) mass is 372 g/mol. The number of carbonyl (C=O) groups excluding carboxylic acids is 1. The summed E-state index contributed by atoms with van der Waals surface area (Å²) in [6.45, 7) is 14.0. The molecule has 0 saturated carbocycles. The molecule has 0 aromatic carbocycles. The van der Waals surface area contributed by atoms with Crippen LogP contribution in [0.5, 0.6) is 0 Å². The first-order chi connectivity index (χ1) is 12.0. The second-order valence-electron chi connectivity index (χ2n) is 7.97. The highest BCUT2D eigenvalue weighted by atomic mass is 32.1. The van der Waals surface area contributed by atoms with E-state index < -0.39 is 5.97 Å². The van der Waals surface area contributed by atoms with Crippen LogP contribution in [0.4, 0.5) is 5.69 Å². The van der Waals surface area contributed by atoms with Crippen molar-refractivity contribution in [2.24, 2.45) is 17.3 Å². The zero-order chi connectivity index (χ0) is 19.6. The molecule has 2 rings (SSSR count). The maximum Gasteiger partial charge on any atom is 0.395 e. The highest BCUT2D eigenvalue weighted by molar-refractivity contribution is 7.15. The van der Waals surface area contributed by atoms with E-state index >= 15 is 0 Å². The van der Waals surface area contributed by atoms with E-state index in [1.807, 2.05) is 20.8 Å². The van der Waals surface area contributed by atoms with Crippen LogP contribution in [0, 0.1) is 29.1 Å². The van der Waals surface area contributed by atoms with Crippen molar-refractivity contribution in [3.8, 4) is 11.8 Å². The quantitative estimate of drug-likeness (QED) is 0.362. The Bertz CT molecular complexity index is 843. The molecule has 0 aliphatic heterocycles. The number of carboxylic acid groups (broad SMARTS) is 1. The first kappa shape index (κ1) is 20.1. The van der Waals surface area contributed by atoms with Gasteiger partial charge < -0.3 is 5.11 Å². The molecule has 0 fully saturated rings. The van der Waals surface area contributed by atoms with Crippen molar-refractivity contribution in [3.05, 3.63) is 27.5 Å². The Morgan fingerprint density at radius 3 is 2.58 bits per heavy atom. The minimum absolute atomic E-state index is 0.0988. The van der Waals surface area contributed by atoms with Crippen molar-refractivity contribution in [1.82, 2.24) is 0 Å². The van der Waals surface area contributed by atoms with Crippen LogP contribution in [-0.2, 0) is 4.79 Å². The highest BCUT2D eigenvalue weighted by Gasteiger charge is 2.37. The van der Waals surface area contributed by atoms with Crippen LogP contribution in [-0.4, -0.2) is 28.3 Å². The predicted molar refractivity (Wildman–Crippen MR) is 105 cm³/mol. The normalized spacial score (nSPS) is 20.0. The molecular weight excluding hydrogens is 346 g/mol. The Morgan fingerprint density at radius 2 is 2.04 bits per heavy atom. The number of hydrogen-bond acceptors (Lipinski definition) is 3. The van der Waals surface area contributed by atoms with Crippen molar-refractivity contribution in [1.29, 1.82) is 0 Å². The number of carbonyl (C=O) groups is 2. The fourth-order valence-corrected chi connectivity index (χ4v) is 3.86. The summed E-state index contributed by atoms with van der Waals surface area (Å²) in [7, 11) is 0. The van der Waals surface area contributed by atoms with Crippen molar-refractivity contribution < 1.29 is 19.3 Å². The van der Waals surface area contributed by atoms with Crippen molar-refractivity contribution >= 4 is 35.6 Å². The van der Waals surface area contributed by atoms with E-state index in [0.29, 0.717) is 17.0 Å². The molecule has 1 heterocycles. The van der Waals surface area contributed by atoms with E-state index in [1.165, 1.54) is 10.1 Å². The van der Waals surface area contributed by atoms with Gasteiger partial charge in [-0.2, -0.15) is 0 Å². The number of nitrogens with zero attached hydrogens (tertiary/aromatic N) is 1. The molecule has 1 aromatic heterocycles. The van der Waals surface area contributed by atoms with Gasteiger partial charge in [0.1, 0.15) is 6.72 Å². The van der Waals surface area contributed by atoms with Crippen LogP contribution >= 0.6 is 11.3 Å². The van der Waals surface area contributed by atoms with Gasteiger partial charge in [-0.1, -0.05) is 30.4 Å². The number of carboxylic acids is 1. The maximum atomic E-state index is 12.9. The topological polar surface area (TPSA) is 57.4 Å². The first-order valence-corrected chi connectivity index (χ1v) is 9.51. The summed E-state index contributed by atoms with van der Waals surface area (Å²) in [5.41, 5.74) is 1.43. The fraction of sp³-hybridized carbons (Fsp3) is 0.476. The molecule has 4 nitrogen and oxygen atoms in total. The minimum Gasteiger partial charge on any atom is -0.477 e. The van der Waals surface area contributed by atoms with E-state index in [4.69, 9.17) is 0 Å². The average molecular weight is 373 g/mol. The SMILES string of the molecule is C=[N+](C(=O)C1CC=C(C)CC1C)c1cc(C#CC(C)(C)C)sc1C(=O)O. The molecule has 138 valence electrons. The summed E-state index contributed by atoms with van der Waals surface area (Å²) in [4.78, 5) is 25.3. The molecule has 0 bridgehead atoms. The van der Waals surface area contributed by atoms with Crippen LogP contribution < -0.4 is 0 Å². The number of thiophene rings is 1. The Balaban J connectivity index is 2.35. The van der Waals surface area contributed by atoms with E-state index in [9.17, 15) is 14.7 Å². The second kappa shape index (κ2) is 7.59. The second-order valence-corrected chi connectivity index (χ2v) is 9.02. The average Bonchev–Trinajstić information content (AvgIpc) is 2.95. The highest BCUT2D eigenvalue weighted by Crippen LogP contribution is 2.34. The lowest BCUT2D eigenvalue weighted by molar-refractivity contribution is -0.365. The number of hydrogen-bond donors (Lipinski definition) is 1. The lowest BCUT2D eigenvalue weighted by Crippen LogP contribution is -2.31. The molecule has 1 aromatic rings. The summed E-state index contributed by atoms with van der Waals surface area (Å²) in [6.07, 6.45) is 3.63. The van der Waals surface area contributed by atoms with Crippen LogP contribution in [0.1, 0.15) is 62.0 Å². The number of rotatable bonds is 3. The fourth-order valence-electron chi connectivity index (χ4n) is 3.00. The molecule has 5 heteroatoms. The van der Waals surface area contributed by atoms with Crippen molar-refractivity contribution in [2.45, 2.75) is 47.5 Å². The molecule has 2 unspecified atom stereocenters. The Morgan fingerprint density at radius 1 is 1.38 bits per heavy atom. The van der Waals surface area contributed by atoms with Gasteiger partial charge in [-0.05, 0) is 46.5 Å². The third-order valence-corrected chi connectivity index (χ3v) is 5.42. The molecule has 1 aliphatic rings. The van der Waals surface area contributed by atoms with E-state index in [-0.39, 0.29) is 28.0 Å². The van der Waals surface area contributed by atoms with Crippen molar-refractivity contribution in [3.63, 3.8) is 0 Å². The Kier molecular flexibility index (Phi) is 5.87. The maximum absolute atomic E-state index is 12.9. The third kappa shape index (κ3) is 4.70. The number of allylic oxidation sites excluding steroid dienone is 2. The van der Waals surface area contributed by atoms with E-state index in [1.54, 1.807) is 6.07 Å². The van der Waals surface area contributed by atoms with Gasteiger partial charge in [0.2, 0.25) is 5.69 Å². The van der Waals surface area contributed by atoms with Gasteiger partial charge in [-0.15, -0.1) is 15.9 Å². The predicted octanol–water partition coefficient (Wildman–Crippen LogP) is 4.71. The van der Waals surface area contributed by atoms with Gasteiger partial charge in [0, 0.05) is 11.5 Å². The lowest BCUT2D eigenvalue weighted by Gasteiger charge is -2.23. The van der Waals surface area contributed by atoms with Crippen LogP contribution in [0.25, 0.3) is 0 Å². The van der Waals surface area contributed by atoms with Crippen LogP contribution in [0.15, 0.2) is 17.7 Å². The summed E-state index contributed by atoms with van der Waals surface area (Å²) >= 11 is 1.08. The standard InChI is InChI=1S/C21H25NO3S/c1-13-7-8-16(14(2)11-13)19(23)22(6)17-12-15(9-10-21(3,4)5)26-18(17)20(24)25/h7,12,14,16H,6,8,11H2,1-5H3/p+1. The lowest BCUT2D eigenvalue weighted by atomic mass is 9.80. The van der Waals surface area contributed by atoms with Gasteiger partial charge in [0.05, 0.1) is 10.8 Å². The van der Waals surface area contributed by atoms with Gasteiger partial charge >= 0.3 is 11.9 Å². The summed E-state index contributed by atoms with van der Waals surface area (Å²) in [5, 5.41) is 9.52. The van der Waals surface area contributed by atoms with E-state index in [2.05, 4.69) is 38.5 Å². The third-order valence-electron chi connectivity index (χ3n) is 4.39. The molecule has 1 aliphatic carbocycles. The smallest absolute Gasteiger partial charge is 0.395 e. The molecule has 1 N–H and O–H groups in total. The zero-order valence-corrected chi connectivity index (χ0v) is 16.9. The molecule has 0 radical (unpaired) electrons. The Hall–Kier alpha value is -2.19. The van der Waals surface area contributed by atoms with Gasteiger partial charge in [0.25, 0.3) is 0 Å². The van der Waals surface area contributed by atoms with Gasteiger partial charge in [-0.3, -0.25) is 0 Å². The number of aromatic carboxylic acids is 1. The summed E-state index contributed by atoms with van der Waals surface area (Å²) in [6, 6.07) is 1.66. The van der Waals surface area contributed by atoms with Crippen LogP contribution in [0.3, 0.4) is 0 Å². The molecule has 0 saturated heterocycles. The summed E-state index contributed by atoms with van der Waals surface area (Å²) < 4.78 is 1.25. The zero-order valence-electron chi connectivity index (χ0n) is 16.0. The molecular formula is C21H26NO3S+. The van der Waals surface area contributed by atoms with Gasteiger partial charge in [-0.25, -0.2) is 9.59 Å². The first-order valence-electron chi connectivity index (χ1n) is 8.70. The molecule has 1 amide bonds.